The van der Waals surface area contributed by atoms with Crippen LogP contribution in [0.2, 0.25) is 0 Å². The Balaban J connectivity index is 3.16. The highest BCUT2D eigenvalue weighted by atomic mass is 19.4. The van der Waals surface area contributed by atoms with Gasteiger partial charge in [-0.05, 0) is 6.54 Å². The second kappa shape index (κ2) is 5.64. The summed E-state index contributed by atoms with van der Waals surface area (Å²) in [4.78, 5) is 0. The zero-order valence-electron chi connectivity index (χ0n) is 9.20. The van der Waals surface area contributed by atoms with Gasteiger partial charge >= 0.3 is 6.18 Å². The number of benzene rings is 1. The van der Waals surface area contributed by atoms with Crippen molar-refractivity contribution in [3.8, 4) is 5.75 Å². The smallest absolute Gasteiger partial charge is 0.425 e. The first kappa shape index (κ1) is 15.5. The fourth-order valence-electron chi connectivity index (χ4n) is 1.24. The molecule has 1 aromatic carbocycles. The number of hydrogen-bond donors (Lipinski definition) is 1. The molecule has 1 atom stereocenters. The molecule has 0 fully saturated rings. The predicted octanol–water partition coefficient (Wildman–Crippen LogP) is 2.90. The lowest BCUT2D eigenvalue weighted by molar-refractivity contribution is -0.197. The van der Waals surface area contributed by atoms with Crippen LogP contribution in [0.4, 0.5) is 30.7 Å². The highest BCUT2D eigenvalue weighted by molar-refractivity contribution is 5.29. The standard InChI is InChI=1S/C10H8F7NO/c11-4-3-5(12)8(14)9(7(4)13)19-6(1-2-18)10(15,16)17/h3,6H,1-2,18H2. The molecule has 1 rings (SSSR count). The molecule has 0 aliphatic rings. The molecule has 0 heterocycles. The lowest BCUT2D eigenvalue weighted by Gasteiger charge is -2.21. The van der Waals surface area contributed by atoms with Gasteiger partial charge in [-0.25, -0.2) is 8.78 Å². The van der Waals surface area contributed by atoms with Gasteiger partial charge in [0.05, 0.1) is 0 Å². The summed E-state index contributed by atoms with van der Waals surface area (Å²) in [5.74, 6) is -9.55. The fraction of sp³-hybridized carbons (Fsp3) is 0.400. The SMILES string of the molecule is NCCC(Oc1c(F)c(F)cc(F)c1F)C(F)(F)F. The third-order valence-corrected chi connectivity index (χ3v) is 2.13. The van der Waals surface area contributed by atoms with E-state index in [2.05, 4.69) is 4.74 Å². The zero-order chi connectivity index (χ0) is 14.8. The Morgan fingerprint density at radius 2 is 1.53 bits per heavy atom. The van der Waals surface area contributed by atoms with Gasteiger partial charge in [0, 0.05) is 12.5 Å². The van der Waals surface area contributed by atoms with Gasteiger partial charge in [-0.2, -0.15) is 22.0 Å². The van der Waals surface area contributed by atoms with E-state index in [0.717, 1.165) is 0 Å². The van der Waals surface area contributed by atoms with Crippen LogP contribution in [0.5, 0.6) is 5.75 Å². The van der Waals surface area contributed by atoms with E-state index in [1.54, 1.807) is 0 Å². The summed E-state index contributed by atoms with van der Waals surface area (Å²) >= 11 is 0. The van der Waals surface area contributed by atoms with E-state index in [1.807, 2.05) is 0 Å². The van der Waals surface area contributed by atoms with Crippen LogP contribution in [-0.2, 0) is 0 Å². The van der Waals surface area contributed by atoms with Crippen LogP contribution >= 0.6 is 0 Å². The molecule has 0 aromatic heterocycles. The Morgan fingerprint density at radius 1 is 1.05 bits per heavy atom. The van der Waals surface area contributed by atoms with Gasteiger partial charge in [0.2, 0.25) is 11.6 Å². The van der Waals surface area contributed by atoms with Crippen molar-refractivity contribution in [1.82, 2.24) is 0 Å². The number of halogens is 7. The van der Waals surface area contributed by atoms with Crippen molar-refractivity contribution in [2.45, 2.75) is 18.7 Å². The molecule has 2 N–H and O–H groups in total. The quantitative estimate of drug-likeness (QED) is 0.684. The Kier molecular flexibility index (Phi) is 4.61. The topological polar surface area (TPSA) is 35.2 Å². The molecule has 0 saturated heterocycles. The minimum absolute atomic E-state index is 0.136. The molecule has 0 aliphatic heterocycles. The highest BCUT2D eigenvalue weighted by Crippen LogP contribution is 2.32. The third kappa shape index (κ3) is 3.49. The molecular weight excluding hydrogens is 283 g/mol. The van der Waals surface area contributed by atoms with Crippen LogP contribution in [-0.4, -0.2) is 18.8 Å². The Bertz CT molecular complexity index is 434. The van der Waals surface area contributed by atoms with Crippen molar-refractivity contribution < 1.29 is 35.5 Å². The molecule has 0 saturated carbocycles. The van der Waals surface area contributed by atoms with Crippen LogP contribution < -0.4 is 10.5 Å². The second-order valence-corrected chi connectivity index (χ2v) is 3.52. The van der Waals surface area contributed by atoms with Crippen LogP contribution in [0.15, 0.2) is 6.07 Å². The van der Waals surface area contributed by atoms with Crippen molar-refractivity contribution in [1.29, 1.82) is 0 Å². The van der Waals surface area contributed by atoms with Crippen LogP contribution in [0, 0.1) is 23.3 Å². The van der Waals surface area contributed by atoms with Gasteiger partial charge in [-0.1, -0.05) is 0 Å². The summed E-state index contributed by atoms with van der Waals surface area (Å²) in [7, 11) is 0. The maximum Gasteiger partial charge on any atom is 0.425 e. The first-order chi connectivity index (χ1) is 8.68. The summed E-state index contributed by atoms with van der Waals surface area (Å²) < 4.78 is 93.2. The number of rotatable bonds is 4. The van der Waals surface area contributed by atoms with Crippen molar-refractivity contribution >= 4 is 0 Å². The van der Waals surface area contributed by atoms with E-state index < -0.39 is 54.3 Å². The molecule has 19 heavy (non-hydrogen) atoms. The molecule has 0 bridgehead atoms. The fourth-order valence-corrected chi connectivity index (χ4v) is 1.24. The molecule has 1 unspecified atom stereocenters. The van der Waals surface area contributed by atoms with Gasteiger partial charge in [0.15, 0.2) is 23.5 Å². The Labute approximate surface area is 103 Å². The molecule has 108 valence electrons. The number of ether oxygens (including phenoxy) is 1. The lowest BCUT2D eigenvalue weighted by Crippen LogP contribution is -2.36. The number of alkyl halides is 3. The van der Waals surface area contributed by atoms with Gasteiger partial charge in [0.25, 0.3) is 0 Å². The van der Waals surface area contributed by atoms with Crippen LogP contribution in [0.3, 0.4) is 0 Å². The van der Waals surface area contributed by atoms with Gasteiger partial charge < -0.3 is 10.5 Å². The molecule has 0 radical (unpaired) electrons. The van der Waals surface area contributed by atoms with Gasteiger partial charge in [-0.15, -0.1) is 0 Å². The summed E-state index contributed by atoms with van der Waals surface area (Å²) in [6, 6.07) is -0.136. The van der Waals surface area contributed by atoms with Crippen LogP contribution in [0.25, 0.3) is 0 Å². The van der Waals surface area contributed by atoms with E-state index in [0.29, 0.717) is 0 Å². The normalized spacial score (nSPS) is 13.5. The second-order valence-electron chi connectivity index (χ2n) is 3.52. The summed E-state index contributed by atoms with van der Waals surface area (Å²) in [6.45, 7) is -0.495. The average Bonchev–Trinajstić information content (AvgIpc) is 2.29. The van der Waals surface area contributed by atoms with Crippen molar-refractivity contribution in [3.63, 3.8) is 0 Å². The molecule has 1 aromatic rings. The third-order valence-electron chi connectivity index (χ3n) is 2.13. The molecule has 2 nitrogen and oxygen atoms in total. The number of hydrogen-bond acceptors (Lipinski definition) is 2. The van der Waals surface area contributed by atoms with Crippen molar-refractivity contribution in [2.75, 3.05) is 6.54 Å². The molecule has 0 spiro atoms. The summed E-state index contributed by atoms with van der Waals surface area (Å²) in [5, 5.41) is 0. The van der Waals surface area contributed by atoms with Gasteiger partial charge in [-0.3, -0.25) is 0 Å². The van der Waals surface area contributed by atoms with Crippen LogP contribution in [0.1, 0.15) is 6.42 Å². The first-order valence-corrected chi connectivity index (χ1v) is 4.95. The van der Waals surface area contributed by atoms with E-state index in [1.165, 1.54) is 0 Å². The maximum absolute atomic E-state index is 13.1. The van der Waals surface area contributed by atoms with E-state index in [9.17, 15) is 30.7 Å². The molecule has 9 heteroatoms. The average molecular weight is 291 g/mol. The zero-order valence-corrected chi connectivity index (χ0v) is 9.20. The minimum Gasteiger partial charge on any atom is -0.475 e. The van der Waals surface area contributed by atoms with Crippen molar-refractivity contribution in [3.05, 3.63) is 29.3 Å². The predicted molar refractivity (Wildman–Crippen MR) is 50.4 cm³/mol. The lowest BCUT2D eigenvalue weighted by atomic mass is 10.2. The maximum atomic E-state index is 13.1. The highest BCUT2D eigenvalue weighted by Gasteiger charge is 2.42. The Hall–Kier alpha value is -1.51. The van der Waals surface area contributed by atoms with Gasteiger partial charge in [0.1, 0.15) is 0 Å². The first-order valence-electron chi connectivity index (χ1n) is 4.95. The molecule has 0 aliphatic carbocycles. The van der Waals surface area contributed by atoms with E-state index in [4.69, 9.17) is 5.73 Å². The monoisotopic (exact) mass is 291 g/mol. The largest absolute Gasteiger partial charge is 0.475 e. The minimum atomic E-state index is -4.99. The van der Waals surface area contributed by atoms with Crippen molar-refractivity contribution in [2.24, 2.45) is 5.73 Å². The molecule has 0 amide bonds. The summed E-state index contributed by atoms with van der Waals surface area (Å²) in [6.07, 6.45) is -8.47. The summed E-state index contributed by atoms with van der Waals surface area (Å²) in [5.41, 5.74) is 4.90. The molecular formula is C10H8F7NO. The Morgan fingerprint density at radius 3 is 1.89 bits per heavy atom. The van der Waals surface area contributed by atoms with E-state index >= 15 is 0 Å². The van der Waals surface area contributed by atoms with E-state index in [-0.39, 0.29) is 6.07 Å². The number of nitrogens with two attached hydrogens (primary N) is 1.